The number of halogens is 1. The lowest BCUT2D eigenvalue weighted by molar-refractivity contribution is 0.628. The van der Waals surface area contributed by atoms with E-state index in [0.29, 0.717) is 0 Å². The zero-order chi connectivity index (χ0) is 12.5. The highest BCUT2D eigenvalue weighted by Gasteiger charge is 2.01. The summed E-state index contributed by atoms with van der Waals surface area (Å²) < 4.78 is 14.9. The summed E-state index contributed by atoms with van der Waals surface area (Å²) in [6.45, 7) is 0. The molecule has 18 heavy (non-hydrogen) atoms. The number of hydrogen-bond acceptors (Lipinski definition) is 2. The second-order valence-corrected chi connectivity index (χ2v) is 4.18. The van der Waals surface area contributed by atoms with Crippen molar-refractivity contribution < 1.29 is 4.39 Å². The molecule has 0 unspecified atom stereocenters. The predicted octanol–water partition coefficient (Wildman–Crippen LogP) is 3.46. The molecule has 3 rings (SSSR count). The Labute approximate surface area is 104 Å². The number of fused-ring (bicyclic) bond motifs is 1. The number of rotatable bonds is 2. The van der Waals surface area contributed by atoms with Gasteiger partial charge >= 0.3 is 0 Å². The molecular formula is C14H12FN3. The lowest BCUT2D eigenvalue weighted by Crippen LogP contribution is -1.93. The number of hydrogen-bond donors (Lipinski definition) is 1. The van der Waals surface area contributed by atoms with Crippen molar-refractivity contribution in [3.05, 3.63) is 54.5 Å². The molecule has 0 atom stereocenters. The quantitative estimate of drug-likeness (QED) is 0.744. The van der Waals surface area contributed by atoms with Gasteiger partial charge in [-0.05, 0) is 36.4 Å². The van der Waals surface area contributed by atoms with Crippen LogP contribution < -0.4 is 5.32 Å². The highest BCUT2D eigenvalue weighted by atomic mass is 19.1. The molecule has 0 fully saturated rings. The van der Waals surface area contributed by atoms with Gasteiger partial charge in [0.2, 0.25) is 0 Å². The maximum Gasteiger partial charge on any atom is 0.125 e. The van der Waals surface area contributed by atoms with Crippen LogP contribution in [0.1, 0.15) is 0 Å². The van der Waals surface area contributed by atoms with Gasteiger partial charge in [-0.15, -0.1) is 0 Å². The number of anilines is 2. The highest BCUT2D eigenvalue weighted by molar-refractivity contribution is 5.83. The Kier molecular flexibility index (Phi) is 2.48. The summed E-state index contributed by atoms with van der Waals surface area (Å²) in [5, 5.41) is 8.45. The minimum Gasteiger partial charge on any atom is -0.355 e. The van der Waals surface area contributed by atoms with Crippen LogP contribution in [0.15, 0.2) is 48.7 Å². The Bertz CT molecular complexity index is 703. The van der Waals surface area contributed by atoms with Crippen LogP contribution in [0.2, 0.25) is 0 Å². The first kappa shape index (κ1) is 10.8. The molecule has 0 spiro atoms. The summed E-state index contributed by atoms with van der Waals surface area (Å²) in [6.07, 6.45) is 1.82. The van der Waals surface area contributed by atoms with E-state index in [1.165, 1.54) is 12.1 Å². The number of aromatic nitrogens is 2. The van der Waals surface area contributed by atoms with Crippen LogP contribution >= 0.6 is 0 Å². The largest absolute Gasteiger partial charge is 0.355 e. The zero-order valence-corrected chi connectivity index (χ0v) is 9.89. The maximum absolute atomic E-state index is 13.1. The molecule has 4 heteroatoms. The summed E-state index contributed by atoms with van der Waals surface area (Å²) >= 11 is 0. The number of nitrogens with one attached hydrogen (secondary N) is 1. The molecule has 1 N–H and O–H groups in total. The third-order valence-electron chi connectivity index (χ3n) is 2.86. The monoisotopic (exact) mass is 241 g/mol. The third-order valence-corrected chi connectivity index (χ3v) is 2.86. The van der Waals surface area contributed by atoms with Crippen molar-refractivity contribution >= 4 is 22.3 Å². The minimum absolute atomic E-state index is 0.249. The van der Waals surface area contributed by atoms with Gasteiger partial charge in [0.25, 0.3) is 0 Å². The summed E-state index contributed by atoms with van der Waals surface area (Å²) in [7, 11) is 1.90. The fraction of sp³-hybridized carbons (Fsp3) is 0.0714. The van der Waals surface area contributed by atoms with Crippen molar-refractivity contribution in [1.82, 2.24) is 9.78 Å². The molecule has 3 aromatic rings. The number of aryl methyl sites for hydroxylation is 1. The van der Waals surface area contributed by atoms with Crippen molar-refractivity contribution in [1.29, 1.82) is 0 Å². The van der Waals surface area contributed by atoms with E-state index >= 15 is 0 Å². The van der Waals surface area contributed by atoms with Crippen LogP contribution in [0.4, 0.5) is 15.8 Å². The van der Waals surface area contributed by atoms with Crippen molar-refractivity contribution in [2.45, 2.75) is 0 Å². The Morgan fingerprint density at radius 1 is 1.11 bits per heavy atom. The van der Waals surface area contributed by atoms with Gasteiger partial charge < -0.3 is 5.32 Å². The van der Waals surface area contributed by atoms with Crippen LogP contribution in [0.3, 0.4) is 0 Å². The average Bonchev–Trinajstić information content (AvgIpc) is 2.71. The standard InChI is InChI=1S/C14H12FN3/c1-18-14-8-13(6-5-10(14)9-16-18)17-12-4-2-3-11(15)7-12/h2-9,17H,1H3. The zero-order valence-electron chi connectivity index (χ0n) is 9.89. The van der Waals surface area contributed by atoms with E-state index in [-0.39, 0.29) is 5.82 Å². The highest BCUT2D eigenvalue weighted by Crippen LogP contribution is 2.22. The summed E-state index contributed by atoms with van der Waals surface area (Å²) in [5.74, 6) is -0.249. The minimum atomic E-state index is -0.249. The second-order valence-electron chi connectivity index (χ2n) is 4.18. The van der Waals surface area contributed by atoms with Crippen molar-refractivity contribution in [2.75, 3.05) is 5.32 Å². The SMILES string of the molecule is Cn1ncc2ccc(Nc3cccc(F)c3)cc21. The average molecular weight is 241 g/mol. The molecule has 0 amide bonds. The molecule has 1 heterocycles. The van der Waals surface area contributed by atoms with E-state index in [9.17, 15) is 4.39 Å². The van der Waals surface area contributed by atoms with E-state index in [2.05, 4.69) is 10.4 Å². The summed E-state index contributed by atoms with van der Waals surface area (Å²) in [6, 6.07) is 12.3. The van der Waals surface area contributed by atoms with Crippen LogP contribution in [0.25, 0.3) is 10.9 Å². The van der Waals surface area contributed by atoms with Crippen LogP contribution in [-0.2, 0) is 7.05 Å². The van der Waals surface area contributed by atoms with Crippen LogP contribution in [0, 0.1) is 5.82 Å². The third kappa shape index (κ3) is 1.93. The molecule has 3 nitrogen and oxygen atoms in total. The lowest BCUT2D eigenvalue weighted by atomic mass is 10.2. The Hall–Kier alpha value is -2.36. The molecule has 1 aromatic heterocycles. The molecule has 0 radical (unpaired) electrons. The van der Waals surface area contributed by atoms with Gasteiger partial charge in [-0.3, -0.25) is 4.68 Å². The first-order valence-electron chi connectivity index (χ1n) is 5.67. The molecule has 0 aliphatic carbocycles. The normalized spacial score (nSPS) is 10.8. The maximum atomic E-state index is 13.1. The van der Waals surface area contributed by atoms with Crippen LogP contribution in [-0.4, -0.2) is 9.78 Å². The molecule has 0 aliphatic heterocycles. The number of nitrogens with zero attached hydrogens (tertiary/aromatic N) is 2. The van der Waals surface area contributed by atoms with E-state index in [0.717, 1.165) is 22.3 Å². The fourth-order valence-electron chi connectivity index (χ4n) is 1.95. The van der Waals surface area contributed by atoms with Gasteiger partial charge in [0.1, 0.15) is 5.82 Å². The molecule has 2 aromatic carbocycles. The van der Waals surface area contributed by atoms with E-state index in [1.54, 1.807) is 6.07 Å². The smallest absolute Gasteiger partial charge is 0.125 e. The molecule has 0 saturated heterocycles. The number of benzene rings is 2. The Balaban J connectivity index is 1.97. The van der Waals surface area contributed by atoms with E-state index < -0.39 is 0 Å². The van der Waals surface area contributed by atoms with Crippen LogP contribution in [0.5, 0.6) is 0 Å². The first-order valence-corrected chi connectivity index (χ1v) is 5.67. The lowest BCUT2D eigenvalue weighted by Gasteiger charge is -2.06. The molecule has 0 saturated carbocycles. The predicted molar refractivity (Wildman–Crippen MR) is 70.4 cm³/mol. The van der Waals surface area contributed by atoms with Gasteiger partial charge in [-0.2, -0.15) is 5.10 Å². The van der Waals surface area contributed by atoms with E-state index in [1.807, 2.05) is 42.2 Å². The van der Waals surface area contributed by atoms with Crippen molar-refractivity contribution in [2.24, 2.45) is 7.05 Å². The van der Waals surface area contributed by atoms with Gasteiger partial charge in [0.05, 0.1) is 11.7 Å². The molecule has 90 valence electrons. The topological polar surface area (TPSA) is 29.9 Å². The summed E-state index contributed by atoms with van der Waals surface area (Å²) in [5.41, 5.74) is 2.68. The fourth-order valence-corrected chi connectivity index (χ4v) is 1.95. The Morgan fingerprint density at radius 3 is 2.78 bits per heavy atom. The van der Waals surface area contributed by atoms with Crippen molar-refractivity contribution in [3.8, 4) is 0 Å². The summed E-state index contributed by atoms with van der Waals surface area (Å²) in [4.78, 5) is 0. The first-order chi connectivity index (χ1) is 8.72. The van der Waals surface area contributed by atoms with Gasteiger partial charge in [0.15, 0.2) is 0 Å². The Morgan fingerprint density at radius 2 is 1.94 bits per heavy atom. The molecule has 0 aliphatic rings. The van der Waals surface area contributed by atoms with E-state index in [4.69, 9.17) is 0 Å². The molecular weight excluding hydrogens is 229 g/mol. The second kappa shape index (κ2) is 4.14. The van der Waals surface area contributed by atoms with Gasteiger partial charge in [-0.25, -0.2) is 4.39 Å². The van der Waals surface area contributed by atoms with Crippen molar-refractivity contribution in [3.63, 3.8) is 0 Å². The van der Waals surface area contributed by atoms with Gasteiger partial charge in [-0.1, -0.05) is 6.07 Å². The molecule has 0 bridgehead atoms. The van der Waals surface area contributed by atoms with Gasteiger partial charge in [0, 0.05) is 23.8 Å².